The second kappa shape index (κ2) is 6.47. The Labute approximate surface area is 128 Å². The van der Waals surface area contributed by atoms with Crippen molar-refractivity contribution >= 4 is 6.29 Å². The van der Waals surface area contributed by atoms with Gasteiger partial charge in [0.05, 0.1) is 13.7 Å². The average molecular weight is 304 g/mol. The first-order chi connectivity index (χ1) is 10.5. The lowest BCUT2D eigenvalue weighted by atomic mass is 9.95. The van der Waals surface area contributed by atoms with Crippen LogP contribution in [0.4, 0.5) is 4.39 Å². The quantitative estimate of drug-likeness (QED) is 0.855. The summed E-state index contributed by atoms with van der Waals surface area (Å²) in [4.78, 5) is 11.4. The van der Waals surface area contributed by atoms with Crippen LogP contribution in [0.2, 0.25) is 0 Å². The molecule has 0 aliphatic rings. The fourth-order valence-corrected chi connectivity index (χ4v) is 2.42. The van der Waals surface area contributed by atoms with Gasteiger partial charge in [-0.3, -0.25) is 4.79 Å². The SMILES string of the molecule is CCOc1cc(F)ccc1-c1c(C=O)cc(C)c(OC)c1O. The first-order valence-electron chi connectivity index (χ1n) is 6.81. The minimum atomic E-state index is -0.460. The van der Waals surface area contributed by atoms with E-state index in [2.05, 4.69) is 0 Å². The van der Waals surface area contributed by atoms with Crippen LogP contribution in [0.15, 0.2) is 24.3 Å². The van der Waals surface area contributed by atoms with Crippen molar-refractivity contribution in [1.82, 2.24) is 0 Å². The molecule has 1 N–H and O–H groups in total. The van der Waals surface area contributed by atoms with Gasteiger partial charge < -0.3 is 14.6 Å². The molecule has 0 radical (unpaired) electrons. The van der Waals surface area contributed by atoms with Gasteiger partial charge in [0.25, 0.3) is 0 Å². The largest absolute Gasteiger partial charge is 0.504 e. The molecule has 0 bridgehead atoms. The molecule has 0 spiro atoms. The van der Waals surface area contributed by atoms with Crippen LogP contribution in [-0.4, -0.2) is 25.1 Å². The molecule has 0 atom stereocenters. The fourth-order valence-electron chi connectivity index (χ4n) is 2.42. The number of hydrogen-bond acceptors (Lipinski definition) is 4. The average Bonchev–Trinajstić information content (AvgIpc) is 2.48. The molecule has 0 amide bonds. The molecule has 5 heteroatoms. The van der Waals surface area contributed by atoms with Gasteiger partial charge in [-0.15, -0.1) is 0 Å². The molecule has 0 saturated heterocycles. The van der Waals surface area contributed by atoms with Gasteiger partial charge in [-0.2, -0.15) is 0 Å². The third-order valence-electron chi connectivity index (χ3n) is 3.31. The second-order valence-electron chi connectivity index (χ2n) is 4.73. The van der Waals surface area contributed by atoms with Gasteiger partial charge in [0.15, 0.2) is 17.8 Å². The molecular formula is C17H17FO4. The maximum absolute atomic E-state index is 13.4. The first-order valence-corrected chi connectivity index (χ1v) is 6.81. The van der Waals surface area contributed by atoms with Crippen LogP contribution in [0.5, 0.6) is 17.2 Å². The molecule has 0 fully saturated rings. The zero-order valence-electron chi connectivity index (χ0n) is 12.6. The molecule has 0 heterocycles. The van der Waals surface area contributed by atoms with Gasteiger partial charge in [-0.1, -0.05) is 0 Å². The van der Waals surface area contributed by atoms with E-state index in [0.29, 0.717) is 24.0 Å². The highest BCUT2D eigenvalue weighted by Gasteiger charge is 2.21. The summed E-state index contributed by atoms with van der Waals surface area (Å²) in [6, 6.07) is 5.55. The van der Waals surface area contributed by atoms with Gasteiger partial charge >= 0.3 is 0 Å². The van der Waals surface area contributed by atoms with E-state index in [4.69, 9.17) is 9.47 Å². The van der Waals surface area contributed by atoms with Gasteiger partial charge in [0.1, 0.15) is 11.6 Å². The third kappa shape index (κ3) is 2.74. The summed E-state index contributed by atoms with van der Waals surface area (Å²) < 4.78 is 24.0. The summed E-state index contributed by atoms with van der Waals surface area (Å²) in [5, 5.41) is 10.5. The van der Waals surface area contributed by atoms with Crippen LogP contribution in [0.3, 0.4) is 0 Å². The number of methoxy groups -OCH3 is 1. The Bertz CT molecular complexity index is 710. The van der Waals surface area contributed by atoms with Crippen molar-refractivity contribution in [3.63, 3.8) is 0 Å². The third-order valence-corrected chi connectivity index (χ3v) is 3.31. The van der Waals surface area contributed by atoms with Gasteiger partial charge in [-0.05, 0) is 37.6 Å². The molecule has 2 aromatic rings. The number of benzene rings is 2. The number of carbonyl (C=O) groups is 1. The van der Waals surface area contributed by atoms with E-state index in [0.717, 1.165) is 0 Å². The number of rotatable bonds is 5. The summed E-state index contributed by atoms with van der Waals surface area (Å²) in [7, 11) is 1.43. The van der Waals surface area contributed by atoms with Crippen LogP contribution in [0.1, 0.15) is 22.8 Å². The number of carbonyl (C=O) groups excluding carboxylic acids is 1. The molecule has 0 saturated carbocycles. The number of phenolic OH excluding ortho intramolecular Hbond substituents is 1. The highest BCUT2D eigenvalue weighted by Crippen LogP contribution is 2.44. The maximum Gasteiger partial charge on any atom is 0.166 e. The molecule has 2 aromatic carbocycles. The van der Waals surface area contributed by atoms with Crippen LogP contribution < -0.4 is 9.47 Å². The van der Waals surface area contributed by atoms with Gasteiger partial charge in [0.2, 0.25) is 0 Å². The van der Waals surface area contributed by atoms with E-state index in [1.54, 1.807) is 19.9 Å². The smallest absolute Gasteiger partial charge is 0.166 e. The van der Waals surface area contributed by atoms with Crippen molar-refractivity contribution in [3.05, 3.63) is 41.2 Å². The molecule has 2 rings (SSSR count). The predicted octanol–water partition coefficient (Wildman–Crippen LogP) is 3.73. The molecule has 0 aromatic heterocycles. The summed E-state index contributed by atoms with van der Waals surface area (Å²) in [5.41, 5.74) is 1.61. The highest BCUT2D eigenvalue weighted by molar-refractivity contribution is 5.94. The molecule has 0 aliphatic carbocycles. The Morgan fingerprint density at radius 1 is 1.32 bits per heavy atom. The minimum absolute atomic E-state index is 0.169. The van der Waals surface area contributed by atoms with Crippen molar-refractivity contribution in [2.45, 2.75) is 13.8 Å². The van der Waals surface area contributed by atoms with Crippen molar-refractivity contribution in [1.29, 1.82) is 0 Å². The maximum atomic E-state index is 13.4. The second-order valence-corrected chi connectivity index (χ2v) is 4.73. The number of ether oxygens (including phenoxy) is 2. The Morgan fingerprint density at radius 3 is 2.64 bits per heavy atom. The van der Waals surface area contributed by atoms with Crippen molar-refractivity contribution < 1.29 is 23.8 Å². The van der Waals surface area contributed by atoms with Crippen molar-refractivity contribution in [3.8, 4) is 28.4 Å². The van der Waals surface area contributed by atoms with E-state index in [9.17, 15) is 14.3 Å². The van der Waals surface area contributed by atoms with E-state index in [-0.39, 0.29) is 28.4 Å². The number of phenols is 1. The molecule has 116 valence electrons. The number of halogens is 1. The standard InChI is InChI=1S/C17H17FO4/c1-4-22-14-8-12(18)5-6-13(14)15-11(9-19)7-10(2)17(21-3)16(15)20/h5-9,20H,4H2,1-3H3. The Morgan fingerprint density at radius 2 is 2.05 bits per heavy atom. The number of aldehydes is 1. The normalized spacial score (nSPS) is 10.4. The van der Waals surface area contributed by atoms with Crippen molar-refractivity contribution in [2.75, 3.05) is 13.7 Å². The highest BCUT2D eigenvalue weighted by atomic mass is 19.1. The number of aryl methyl sites for hydroxylation is 1. The number of hydrogen-bond donors (Lipinski definition) is 1. The Kier molecular flexibility index (Phi) is 4.65. The monoisotopic (exact) mass is 304 g/mol. The van der Waals surface area contributed by atoms with Crippen LogP contribution in [0, 0.1) is 12.7 Å². The Balaban J connectivity index is 2.79. The van der Waals surface area contributed by atoms with E-state index < -0.39 is 5.82 Å². The van der Waals surface area contributed by atoms with E-state index in [1.807, 2.05) is 0 Å². The van der Waals surface area contributed by atoms with Crippen molar-refractivity contribution in [2.24, 2.45) is 0 Å². The molecule has 0 aliphatic heterocycles. The molecular weight excluding hydrogens is 287 g/mol. The number of aromatic hydroxyl groups is 1. The summed E-state index contributed by atoms with van der Waals surface area (Å²) in [5.74, 6) is -0.102. The van der Waals surface area contributed by atoms with Crippen LogP contribution >= 0.6 is 0 Å². The lowest BCUT2D eigenvalue weighted by Gasteiger charge is -2.17. The predicted molar refractivity (Wildman–Crippen MR) is 81.3 cm³/mol. The van der Waals surface area contributed by atoms with Gasteiger partial charge in [-0.25, -0.2) is 4.39 Å². The lowest BCUT2D eigenvalue weighted by molar-refractivity contribution is 0.112. The van der Waals surface area contributed by atoms with Gasteiger partial charge in [0, 0.05) is 22.8 Å². The summed E-state index contributed by atoms with van der Waals surface area (Å²) in [6.07, 6.45) is 0.639. The van der Waals surface area contributed by atoms with E-state index in [1.165, 1.54) is 25.3 Å². The molecule has 22 heavy (non-hydrogen) atoms. The molecule has 4 nitrogen and oxygen atoms in total. The minimum Gasteiger partial charge on any atom is -0.504 e. The zero-order chi connectivity index (χ0) is 16.3. The fraction of sp³-hybridized carbons (Fsp3) is 0.235. The Hall–Kier alpha value is -2.56. The molecule has 0 unspecified atom stereocenters. The lowest BCUT2D eigenvalue weighted by Crippen LogP contribution is -1.99. The first kappa shape index (κ1) is 15.8. The topological polar surface area (TPSA) is 55.8 Å². The zero-order valence-corrected chi connectivity index (χ0v) is 12.6. The van der Waals surface area contributed by atoms with Crippen LogP contribution in [-0.2, 0) is 0 Å². The summed E-state index contributed by atoms with van der Waals surface area (Å²) >= 11 is 0. The van der Waals surface area contributed by atoms with E-state index >= 15 is 0 Å². The summed E-state index contributed by atoms with van der Waals surface area (Å²) in [6.45, 7) is 3.82. The van der Waals surface area contributed by atoms with Crippen LogP contribution in [0.25, 0.3) is 11.1 Å².